The van der Waals surface area contributed by atoms with Crippen LogP contribution in [0.3, 0.4) is 0 Å². The van der Waals surface area contributed by atoms with Gasteiger partial charge in [-0.3, -0.25) is 4.79 Å². The van der Waals surface area contributed by atoms with Gasteiger partial charge in [-0.1, -0.05) is 29.0 Å². The number of sulfonamides is 1. The van der Waals surface area contributed by atoms with Gasteiger partial charge in [-0.15, -0.1) is 13.2 Å². The number of nitrogens with zero attached hydrogens (tertiary/aromatic N) is 5. The van der Waals surface area contributed by atoms with Crippen LogP contribution in [0.4, 0.5) is 35.9 Å². The van der Waals surface area contributed by atoms with Gasteiger partial charge in [0, 0.05) is 38.5 Å². The quantitative estimate of drug-likeness (QED) is 0.157. The number of carbonyl (C=O) groups is 1. The Kier molecular flexibility index (Phi) is 9.40. The molecule has 0 spiro atoms. The van der Waals surface area contributed by atoms with E-state index in [9.17, 15) is 43.9 Å². The first-order chi connectivity index (χ1) is 23.0. The third-order valence-electron chi connectivity index (χ3n) is 7.78. The summed E-state index contributed by atoms with van der Waals surface area (Å²) >= 11 is 7.60. The molecule has 2 fully saturated rings. The monoisotopic (exact) mass is 752 g/mol. The fourth-order valence-electron chi connectivity index (χ4n) is 5.25. The summed E-state index contributed by atoms with van der Waals surface area (Å²) < 4.78 is 124. The molecule has 4 aromatic rings. The molecule has 1 amide bonds. The average molecular weight is 753 g/mol. The number of halogens is 8. The number of hydrogen-bond acceptors (Lipinski definition) is 9. The molecule has 0 radical (unpaired) electrons. The summed E-state index contributed by atoms with van der Waals surface area (Å²) in [6, 6.07) is 4.54. The molecule has 1 N–H and O–H groups in total. The second kappa shape index (κ2) is 13.1. The number of aromatic nitrogens is 3. The van der Waals surface area contributed by atoms with Crippen LogP contribution < -0.4 is 15.0 Å². The Balaban J connectivity index is 1.23. The lowest BCUT2D eigenvalue weighted by Crippen LogP contribution is -2.56. The van der Waals surface area contributed by atoms with Gasteiger partial charge in [0.25, 0.3) is 0 Å². The number of piperazine rings is 1. The molecule has 2 aliphatic rings. The van der Waals surface area contributed by atoms with Gasteiger partial charge in [0.05, 0.1) is 16.5 Å². The van der Waals surface area contributed by atoms with Crippen molar-refractivity contribution in [2.45, 2.75) is 55.2 Å². The number of rotatable bonds is 9. The van der Waals surface area contributed by atoms with Crippen molar-refractivity contribution in [3.8, 4) is 5.75 Å². The lowest BCUT2D eigenvalue weighted by atomic mass is 10.1. The minimum atomic E-state index is -5.11. The first kappa shape index (κ1) is 35.0. The molecule has 1 aliphatic carbocycles. The van der Waals surface area contributed by atoms with E-state index < -0.39 is 63.0 Å². The number of benzene rings is 2. The molecule has 20 heteroatoms. The molecule has 49 heavy (non-hydrogen) atoms. The first-order valence-corrected chi connectivity index (χ1v) is 17.2. The zero-order valence-electron chi connectivity index (χ0n) is 24.9. The molecular weight excluding hydrogens is 729 g/mol. The Hall–Kier alpha value is -3.81. The minimum absolute atomic E-state index is 0.0637. The Labute approximate surface area is 282 Å². The number of carbonyl (C=O) groups excluding carboxylic acids is 1. The van der Waals surface area contributed by atoms with Crippen molar-refractivity contribution in [1.82, 2.24) is 24.6 Å². The molecule has 0 unspecified atom stereocenters. The molecule has 0 bridgehead atoms. The molecule has 1 saturated carbocycles. The average Bonchev–Trinajstić information content (AvgIpc) is 3.78. The van der Waals surface area contributed by atoms with E-state index in [1.807, 2.05) is 0 Å². The maximum Gasteiger partial charge on any atom is 0.573 e. The van der Waals surface area contributed by atoms with E-state index >= 15 is 0 Å². The second-order valence-electron chi connectivity index (χ2n) is 11.3. The molecule has 3 heterocycles. The van der Waals surface area contributed by atoms with Crippen LogP contribution in [0.25, 0.3) is 10.3 Å². The smallest absolute Gasteiger partial charge is 0.403 e. The maximum absolute atomic E-state index is 14.2. The van der Waals surface area contributed by atoms with Gasteiger partial charge < -0.3 is 15.0 Å². The van der Waals surface area contributed by atoms with E-state index in [0.29, 0.717) is 33.4 Å². The minimum Gasteiger partial charge on any atom is -0.403 e. The van der Waals surface area contributed by atoms with Gasteiger partial charge in [0.15, 0.2) is 27.5 Å². The number of hydrogen-bond donors (Lipinski definition) is 1. The van der Waals surface area contributed by atoms with E-state index in [0.717, 1.165) is 47.5 Å². The normalized spacial score (nSPS) is 17.8. The molecule has 262 valence electrons. The van der Waals surface area contributed by atoms with Crippen molar-refractivity contribution < 1.29 is 48.7 Å². The van der Waals surface area contributed by atoms with E-state index in [2.05, 4.69) is 25.0 Å². The number of anilines is 1. The van der Waals surface area contributed by atoms with Gasteiger partial charge >= 0.3 is 12.5 Å². The number of amides is 1. The molecule has 1 atom stereocenters. The van der Waals surface area contributed by atoms with Crippen LogP contribution in [0.2, 0.25) is 5.15 Å². The Morgan fingerprint density at radius 3 is 2.37 bits per heavy atom. The number of fused-ring (bicyclic) bond motifs is 1. The van der Waals surface area contributed by atoms with E-state index in [4.69, 9.17) is 11.6 Å². The highest BCUT2D eigenvalue weighted by molar-refractivity contribution is 7.89. The van der Waals surface area contributed by atoms with Crippen LogP contribution in [-0.4, -0.2) is 65.6 Å². The van der Waals surface area contributed by atoms with Crippen molar-refractivity contribution >= 4 is 54.3 Å². The predicted octanol–water partition coefficient (Wildman–Crippen LogP) is 6.26. The predicted molar refractivity (Wildman–Crippen MR) is 163 cm³/mol. The number of nitrogens with one attached hydrogen (secondary N) is 1. The molecule has 1 aliphatic heterocycles. The molecule has 2 aromatic carbocycles. The maximum atomic E-state index is 14.2. The van der Waals surface area contributed by atoms with Crippen molar-refractivity contribution in [2.24, 2.45) is 0 Å². The first-order valence-electron chi connectivity index (χ1n) is 14.6. The Bertz CT molecular complexity index is 1990. The molecule has 6 rings (SSSR count). The highest BCUT2D eigenvalue weighted by atomic mass is 35.5. The summed E-state index contributed by atoms with van der Waals surface area (Å²) in [7, 11) is -4.41. The summed E-state index contributed by atoms with van der Waals surface area (Å²) in [5.41, 5.74) is -0.572. The summed E-state index contributed by atoms with van der Waals surface area (Å²) in [4.78, 5) is 27.9. The Morgan fingerprint density at radius 1 is 1.02 bits per heavy atom. The highest BCUT2D eigenvalue weighted by Gasteiger charge is 2.39. The standard InChI is InChI=1S/C29H24ClF7N6O4S2/c30-24-23-26(40-25(39-24)16-2-3-16)41-27(48-23)42-9-10-43(49(45,46)19-6-4-17(5-7-19)28(32,33)34)18(14-42)12-22(44)38-13-15-1-8-21(20(31)11-15)47-29(35,36)37/h1,4-8,11,16,18H,2-3,9-10,12-14H2,(H,38,44)/t18-/m0/s1. The molecule has 10 nitrogen and oxygen atoms in total. The van der Waals surface area contributed by atoms with Gasteiger partial charge in [0.1, 0.15) is 10.5 Å². The number of alkyl halides is 6. The zero-order valence-corrected chi connectivity index (χ0v) is 27.2. The summed E-state index contributed by atoms with van der Waals surface area (Å²) in [6.45, 7) is -0.450. The lowest BCUT2D eigenvalue weighted by Gasteiger charge is -2.40. The van der Waals surface area contributed by atoms with Crippen molar-refractivity contribution in [3.05, 3.63) is 70.4 Å². The fraction of sp³-hybridized carbons (Fsp3) is 0.379. The Morgan fingerprint density at radius 2 is 1.73 bits per heavy atom. The summed E-state index contributed by atoms with van der Waals surface area (Å²) in [6.07, 6.45) is -8.37. The van der Waals surface area contributed by atoms with Crippen LogP contribution in [0, 0.1) is 5.82 Å². The van der Waals surface area contributed by atoms with Gasteiger partial charge in [-0.25, -0.2) is 22.8 Å². The van der Waals surface area contributed by atoms with Gasteiger partial charge in [-0.2, -0.15) is 22.5 Å². The van der Waals surface area contributed by atoms with Crippen LogP contribution >= 0.6 is 22.9 Å². The summed E-state index contributed by atoms with van der Waals surface area (Å²) in [5, 5.41) is 3.17. The van der Waals surface area contributed by atoms with E-state index in [1.165, 1.54) is 11.3 Å². The topological polar surface area (TPSA) is 118 Å². The fourth-order valence-corrected chi connectivity index (χ4v) is 8.07. The number of thiazole rings is 1. The van der Waals surface area contributed by atoms with Gasteiger partial charge in [-0.05, 0) is 54.8 Å². The van der Waals surface area contributed by atoms with Crippen molar-refractivity contribution in [1.29, 1.82) is 0 Å². The molecule has 2 aromatic heterocycles. The second-order valence-corrected chi connectivity index (χ2v) is 14.6. The third kappa shape index (κ3) is 7.99. The zero-order chi connectivity index (χ0) is 35.3. The molecule has 1 saturated heterocycles. The third-order valence-corrected chi connectivity index (χ3v) is 11.2. The molecular formula is C29H24ClF7N6O4S2. The van der Waals surface area contributed by atoms with Crippen molar-refractivity contribution in [3.63, 3.8) is 0 Å². The van der Waals surface area contributed by atoms with Crippen LogP contribution in [0.15, 0.2) is 47.4 Å². The van der Waals surface area contributed by atoms with Crippen LogP contribution in [0.1, 0.15) is 42.1 Å². The van der Waals surface area contributed by atoms with Crippen LogP contribution in [-0.2, 0) is 27.5 Å². The van der Waals surface area contributed by atoms with E-state index in [-0.39, 0.29) is 42.8 Å². The van der Waals surface area contributed by atoms with Crippen LogP contribution in [0.5, 0.6) is 5.75 Å². The van der Waals surface area contributed by atoms with Gasteiger partial charge in [0.2, 0.25) is 15.9 Å². The SMILES string of the molecule is O=C(C[C@H]1CN(c2nc3nc(C4CC4)nc(Cl)c3s2)CCN1S(=O)(=O)c1ccc(C(F)(F)F)cc1)NCc1ccc(OC(F)(F)F)c(F)c1. The number of ether oxygens (including phenoxy) is 1. The summed E-state index contributed by atoms with van der Waals surface area (Å²) in [5.74, 6) is -2.27. The van der Waals surface area contributed by atoms with E-state index in [1.54, 1.807) is 4.90 Å². The van der Waals surface area contributed by atoms with Crippen molar-refractivity contribution in [2.75, 3.05) is 24.5 Å². The lowest BCUT2D eigenvalue weighted by molar-refractivity contribution is -0.275. The highest BCUT2D eigenvalue weighted by Crippen LogP contribution is 2.41. The largest absolute Gasteiger partial charge is 0.573 e.